The molecule has 0 aliphatic carbocycles. The second kappa shape index (κ2) is 9.09. The molecule has 7 nitrogen and oxygen atoms in total. The number of ether oxygens (including phenoxy) is 1. The molecule has 152 valence electrons. The zero-order valence-electron chi connectivity index (χ0n) is 16.3. The van der Waals surface area contributed by atoms with Gasteiger partial charge in [0.25, 0.3) is 5.91 Å². The van der Waals surface area contributed by atoms with Crippen molar-refractivity contribution < 1.29 is 19.1 Å². The molecule has 2 aromatic carbocycles. The first-order valence-corrected chi connectivity index (χ1v) is 9.96. The van der Waals surface area contributed by atoms with Crippen LogP contribution in [-0.4, -0.2) is 49.4 Å². The molecule has 0 fully saturated rings. The SMILES string of the molecule is Cc1cc(Br)ccc1NC(=O)CN(C)C(=O)CCN1C(=O)COc2ccccc21. The minimum atomic E-state index is -0.279. The average Bonchev–Trinajstić information content (AvgIpc) is 2.69. The molecule has 0 spiro atoms. The summed E-state index contributed by atoms with van der Waals surface area (Å²) >= 11 is 3.38. The summed E-state index contributed by atoms with van der Waals surface area (Å²) in [4.78, 5) is 39.9. The summed E-state index contributed by atoms with van der Waals surface area (Å²) in [5, 5.41) is 2.81. The summed E-state index contributed by atoms with van der Waals surface area (Å²) in [6, 6.07) is 12.8. The van der Waals surface area contributed by atoms with E-state index in [1.54, 1.807) is 30.1 Å². The fourth-order valence-corrected chi connectivity index (χ4v) is 3.53. The largest absolute Gasteiger partial charge is 0.482 e. The molecule has 3 amide bonds. The number of likely N-dealkylation sites (N-methyl/N-ethyl adjacent to an activating group) is 1. The van der Waals surface area contributed by atoms with Crippen molar-refractivity contribution in [2.75, 3.05) is 37.0 Å². The number of nitrogens with one attached hydrogen (secondary N) is 1. The van der Waals surface area contributed by atoms with Gasteiger partial charge in [-0.1, -0.05) is 28.1 Å². The highest BCUT2D eigenvalue weighted by molar-refractivity contribution is 9.10. The summed E-state index contributed by atoms with van der Waals surface area (Å²) in [7, 11) is 1.57. The molecule has 8 heteroatoms. The number of rotatable bonds is 6. The van der Waals surface area contributed by atoms with Gasteiger partial charge in [-0.3, -0.25) is 14.4 Å². The molecule has 29 heavy (non-hydrogen) atoms. The van der Waals surface area contributed by atoms with E-state index in [-0.39, 0.29) is 43.8 Å². The van der Waals surface area contributed by atoms with Gasteiger partial charge in [-0.2, -0.15) is 0 Å². The summed E-state index contributed by atoms with van der Waals surface area (Å²) < 4.78 is 6.33. The zero-order valence-corrected chi connectivity index (χ0v) is 17.9. The zero-order chi connectivity index (χ0) is 21.0. The third-order valence-corrected chi connectivity index (χ3v) is 5.12. The lowest BCUT2D eigenvalue weighted by Crippen LogP contribution is -2.42. The Kier molecular flexibility index (Phi) is 6.53. The number of amides is 3. The predicted octanol–water partition coefficient (Wildman–Crippen LogP) is 2.97. The van der Waals surface area contributed by atoms with Crippen molar-refractivity contribution in [3.63, 3.8) is 0 Å². The van der Waals surface area contributed by atoms with Crippen molar-refractivity contribution in [2.24, 2.45) is 0 Å². The van der Waals surface area contributed by atoms with Gasteiger partial charge >= 0.3 is 0 Å². The van der Waals surface area contributed by atoms with Crippen molar-refractivity contribution in [3.05, 3.63) is 52.5 Å². The van der Waals surface area contributed by atoms with Crippen molar-refractivity contribution in [2.45, 2.75) is 13.3 Å². The van der Waals surface area contributed by atoms with Crippen LogP contribution >= 0.6 is 15.9 Å². The van der Waals surface area contributed by atoms with Crippen LogP contribution in [0.15, 0.2) is 46.9 Å². The molecule has 2 aromatic rings. The Bertz CT molecular complexity index is 947. The molecular weight excluding hydrogens is 438 g/mol. The van der Waals surface area contributed by atoms with E-state index >= 15 is 0 Å². The standard InChI is InChI=1S/C21H22BrN3O4/c1-14-11-15(22)7-8-16(14)23-19(26)12-24(2)20(27)9-10-25-17-5-3-4-6-18(17)29-13-21(25)28/h3-8,11H,9-10,12-13H2,1-2H3,(H,23,26). The number of hydrogen-bond acceptors (Lipinski definition) is 4. The van der Waals surface area contributed by atoms with Gasteiger partial charge in [0.2, 0.25) is 11.8 Å². The number of nitrogens with zero attached hydrogens (tertiary/aromatic N) is 2. The van der Waals surface area contributed by atoms with Crippen LogP contribution in [0.4, 0.5) is 11.4 Å². The average molecular weight is 460 g/mol. The smallest absolute Gasteiger partial charge is 0.265 e. The van der Waals surface area contributed by atoms with Gasteiger partial charge in [-0.05, 0) is 42.8 Å². The van der Waals surface area contributed by atoms with Crippen LogP contribution in [0, 0.1) is 6.92 Å². The van der Waals surface area contributed by atoms with Gasteiger partial charge in [0, 0.05) is 30.2 Å². The Morgan fingerprint density at radius 2 is 2.00 bits per heavy atom. The highest BCUT2D eigenvalue weighted by Crippen LogP contribution is 2.31. The fraction of sp³-hybridized carbons (Fsp3) is 0.286. The fourth-order valence-electron chi connectivity index (χ4n) is 3.06. The van der Waals surface area contributed by atoms with E-state index in [4.69, 9.17) is 4.74 Å². The van der Waals surface area contributed by atoms with Crippen molar-refractivity contribution in [3.8, 4) is 5.75 Å². The lowest BCUT2D eigenvalue weighted by Gasteiger charge is -2.29. The Hall–Kier alpha value is -2.87. The summed E-state index contributed by atoms with van der Waals surface area (Å²) in [6.45, 7) is 2.01. The van der Waals surface area contributed by atoms with Gasteiger partial charge in [0.15, 0.2) is 6.61 Å². The maximum atomic E-state index is 12.5. The van der Waals surface area contributed by atoms with Gasteiger partial charge in [-0.25, -0.2) is 0 Å². The van der Waals surface area contributed by atoms with Crippen LogP contribution in [0.2, 0.25) is 0 Å². The molecule has 0 saturated heterocycles. The summed E-state index contributed by atoms with van der Waals surface area (Å²) in [6.07, 6.45) is 0.112. The summed E-state index contributed by atoms with van der Waals surface area (Å²) in [5.74, 6) is -0.0664. The van der Waals surface area contributed by atoms with E-state index in [1.807, 2.05) is 31.2 Å². The van der Waals surface area contributed by atoms with E-state index in [0.29, 0.717) is 17.1 Å². The van der Waals surface area contributed by atoms with E-state index in [1.165, 1.54) is 4.90 Å². The number of fused-ring (bicyclic) bond motifs is 1. The Labute approximate surface area is 177 Å². The number of hydrogen-bond donors (Lipinski definition) is 1. The molecule has 0 atom stereocenters. The van der Waals surface area contributed by atoms with Gasteiger partial charge in [0.1, 0.15) is 5.75 Å². The first-order chi connectivity index (χ1) is 13.8. The number of para-hydroxylation sites is 2. The summed E-state index contributed by atoms with van der Waals surface area (Å²) in [5.41, 5.74) is 2.28. The topological polar surface area (TPSA) is 79.0 Å². The first-order valence-electron chi connectivity index (χ1n) is 9.17. The number of carbonyl (C=O) groups is 3. The third kappa shape index (κ3) is 5.14. The molecule has 1 N–H and O–H groups in total. The number of anilines is 2. The van der Waals surface area contributed by atoms with Crippen LogP contribution < -0.4 is 15.0 Å². The van der Waals surface area contributed by atoms with Crippen molar-refractivity contribution in [1.82, 2.24) is 4.90 Å². The third-order valence-electron chi connectivity index (χ3n) is 4.63. The first kappa shape index (κ1) is 20.9. The molecule has 0 bridgehead atoms. The van der Waals surface area contributed by atoms with Gasteiger partial charge in [0.05, 0.1) is 12.2 Å². The van der Waals surface area contributed by atoms with Crippen molar-refractivity contribution >= 4 is 45.0 Å². The molecule has 0 radical (unpaired) electrons. The van der Waals surface area contributed by atoms with Crippen LogP contribution in [0.25, 0.3) is 0 Å². The van der Waals surface area contributed by atoms with E-state index in [2.05, 4.69) is 21.2 Å². The lowest BCUT2D eigenvalue weighted by atomic mass is 10.2. The van der Waals surface area contributed by atoms with Crippen LogP contribution in [-0.2, 0) is 14.4 Å². The number of benzene rings is 2. The van der Waals surface area contributed by atoms with E-state index in [9.17, 15) is 14.4 Å². The molecular formula is C21H22BrN3O4. The molecule has 1 aliphatic heterocycles. The Morgan fingerprint density at radius 1 is 1.24 bits per heavy atom. The quantitative estimate of drug-likeness (QED) is 0.719. The van der Waals surface area contributed by atoms with E-state index < -0.39 is 0 Å². The van der Waals surface area contributed by atoms with Crippen molar-refractivity contribution in [1.29, 1.82) is 0 Å². The second-order valence-corrected chi connectivity index (χ2v) is 7.72. The normalized spacial score (nSPS) is 12.8. The minimum Gasteiger partial charge on any atom is -0.482 e. The van der Waals surface area contributed by atoms with Crippen LogP contribution in [0.5, 0.6) is 5.75 Å². The molecule has 1 heterocycles. The van der Waals surface area contributed by atoms with Gasteiger partial charge < -0.3 is 19.9 Å². The van der Waals surface area contributed by atoms with E-state index in [0.717, 1.165) is 10.0 Å². The number of aryl methyl sites for hydroxylation is 1. The maximum Gasteiger partial charge on any atom is 0.265 e. The van der Waals surface area contributed by atoms with Crippen LogP contribution in [0.3, 0.4) is 0 Å². The number of halogens is 1. The van der Waals surface area contributed by atoms with Crippen LogP contribution in [0.1, 0.15) is 12.0 Å². The second-order valence-electron chi connectivity index (χ2n) is 6.81. The monoisotopic (exact) mass is 459 g/mol. The molecule has 1 aliphatic rings. The molecule has 3 rings (SSSR count). The number of carbonyl (C=O) groups excluding carboxylic acids is 3. The Morgan fingerprint density at radius 3 is 2.76 bits per heavy atom. The highest BCUT2D eigenvalue weighted by Gasteiger charge is 2.26. The molecule has 0 aromatic heterocycles. The minimum absolute atomic E-state index is 0.0456. The predicted molar refractivity (Wildman–Crippen MR) is 114 cm³/mol. The lowest BCUT2D eigenvalue weighted by molar-refractivity contribution is -0.133. The van der Waals surface area contributed by atoms with Gasteiger partial charge in [-0.15, -0.1) is 0 Å². The maximum absolute atomic E-state index is 12.5. The molecule has 0 saturated carbocycles. The Balaban J connectivity index is 1.54. The highest BCUT2D eigenvalue weighted by atomic mass is 79.9. The molecule has 0 unspecified atom stereocenters.